The van der Waals surface area contributed by atoms with Crippen molar-refractivity contribution in [1.29, 1.82) is 0 Å². The molecule has 3 aromatic rings. The fourth-order valence-corrected chi connectivity index (χ4v) is 3.65. The minimum Gasteiger partial charge on any atom is -0.507 e. The van der Waals surface area contributed by atoms with Crippen molar-refractivity contribution in [3.63, 3.8) is 0 Å². The van der Waals surface area contributed by atoms with Gasteiger partial charge < -0.3 is 34.1 Å². The quantitative estimate of drug-likeness (QED) is 0.227. The second kappa shape index (κ2) is 16.5. The van der Waals surface area contributed by atoms with Gasteiger partial charge >= 0.3 is 12.3 Å². The second-order valence-corrected chi connectivity index (χ2v) is 8.68. The highest BCUT2D eigenvalue weighted by molar-refractivity contribution is 5.77. The first-order valence-corrected chi connectivity index (χ1v) is 12.9. The van der Waals surface area contributed by atoms with E-state index < -0.39 is 17.8 Å². The standard InChI is InChI=1S/C29H33F3N2O7/c1-37-11-12-39-15-16-40-14-13-38-10-9-34-28(36)41-20-25-18-23(7-8-33-25)26-19-22(5-6-27(26)35)21-3-2-4-24(17-21)29(30,31)32/h2-8,17-19,35H,9-16,20H2,1H3,(H,34,36). The number of pyridine rings is 1. The molecule has 9 nitrogen and oxygen atoms in total. The normalized spacial score (nSPS) is 11.4. The minimum absolute atomic E-state index is 0.0580. The maximum absolute atomic E-state index is 13.2. The molecule has 222 valence electrons. The lowest BCUT2D eigenvalue weighted by Gasteiger charge is -2.12. The molecule has 12 heteroatoms. The molecule has 2 N–H and O–H groups in total. The first-order valence-electron chi connectivity index (χ1n) is 12.9. The Labute approximate surface area is 236 Å². The fraction of sp³-hybridized carbons (Fsp3) is 0.379. The van der Waals surface area contributed by atoms with Gasteiger partial charge in [-0.1, -0.05) is 18.2 Å². The van der Waals surface area contributed by atoms with Crippen LogP contribution in [0, 0.1) is 0 Å². The Hall–Kier alpha value is -3.71. The van der Waals surface area contributed by atoms with Gasteiger partial charge in [0.1, 0.15) is 12.4 Å². The monoisotopic (exact) mass is 578 g/mol. The number of alkyl halides is 3. The van der Waals surface area contributed by atoms with Crippen LogP contribution in [0.15, 0.2) is 60.8 Å². The Kier molecular flexibility index (Phi) is 12.8. The van der Waals surface area contributed by atoms with Crippen molar-refractivity contribution in [2.75, 3.05) is 59.9 Å². The van der Waals surface area contributed by atoms with E-state index in [0.29, 0.717) is 67.6 Å². The third-order valence-electron chi connectivity index (χ3n) is 5.69. The van der Waals surface area contributed by atoms with Crippen molar-refractivity contribution in [2.45, 2.75) is 12.8 Å². The van der Waals surface area contributed by atoms with E-state index in [2.05, 4.69) is 10.3 Å². The van der Waals surface area contributed by atoms with E-state index in [1.54, 1.807) is 37.4 Å². The van der Waals surface area contributed by atoms with Crippen LogP contribution < -0.4 is 5.32 Å². The maximum atomic E-state index is 13.2. The SMILES string of the molecule is COCCOCCOCCOCCNC(=O)OCc1cc(-c2cc(-c3cccc(C(F)(F)F)c3)ccc2O)ccn1. The molecule has 0 spiro atoms. The van der Waals surface area contributed by atoms with Crippen LogP contribution in [0.3, 0.4) is 0 Å². The summed E-state index contributed by atoms with van der Waals surface area (Å²) in [6, 6.07) is 12.8. The van der Waals surface area contributed by atoms with Gasteiger partial charge in [0.25, 0.3) is 0 Å². The Balaban J connectivity index is 1.44. The molecule has 0 atom stereocenters. The lowest BCUT2D eigenvalue weighted by molar-refractivity contribution is -0.137. The molecule has 2 aromatic carbocycles. The van der Waals surface area contributed by atoms with Gasteiger partial charge in [0, 0.05) is 25.4 Å². The van der Waals surface area contributed by atoms with Gasteiger partial charge in [0.15, 0.2) is 0 Å². The number of nitrogens with zero attached hydrogens (tertiary/aromatic N) is 1. The highest BCUT2D eigenvalue weighted by Gasteiger charge is 2.30. The number of halogens is 3. The van der Waals surface area contributed by atoms with Crippen LogP contribution >= 0.6 is 0 Å². The Morgan fingerprint density at radius 1 is 0.854 bits per heavy atom. The van der Waals surface area contributed by atoms with E-state index in [0.717, 1.165) is 12.1 Å². The molecule has 1 amide bonds. The van der Waals surface area contributed by atoms with Gasteiger partial charge in [-0.05, 0) is 53.1 Å². The zero-order valence-corrected chi connectivity index (χ0v) is 22.6. The van der Waals surface area contributed by atoms with Crippen LogP contribution in [0.2, 0.25) is 0 Å². The molecule has 0 aliphatic carbocycles. The third-order valence-corrected chi connectivity index (χ3v) is 5.69. The van der Waals surface area contributed by atoms with E-state index >= 15 is 0 Å². The molecule has 1 heterocycles. The Morgan fingerprint density at radius 3 is 2.24 bits per heavy atom. The zero-order chi connectivity index (χ0) is 29.5. The fourth-order valence-electron chi connectivity index (χ4n) is 3.65. The number of benzene rings is 2. The highest BCUT2D eigenvalue weighted by Crippen LogP contribution is 2.36. The average molecular weight is 579 g/mol. The van der Waals surface area contributed by atoms with E-state index in [1.165, 1.54) is 18.3 Å². The second-order valence-electron chi connectivity index (χ2n) is 8.68. The summed E-state index contributed by atoms with van der Waals surface area (Å²) in [5.74, 6) is -0.0580. The molecule has 0 fully saturated rings. The number of aromatic hydroxyl groups is 1. The summed E-state index contributed by atoms with van der Waals surface area (Å²) in [4.78, 5) is 16.2. The average Bonchev–Trinajstić information content (AvgIpc) is 2.96. The van der Waals surface area contributed by atoms with Crippen LogP contribution in [-0.4, -0.2) is 76.1 Å². The summed E-state index contributed by atoms with van der Waals surface area (Å²) in [5, 5.41) is 13.0. The maximum Gasteiger partial charge on any atom is 0.416 e. The summed E-state index contributed by atoms with van der Waals surface area (Å²) in [7, 11) is 1.61. The van der Waals surface area contributed by atoms with Crippen molar-refractivity contribution in [1.82, 2.24) is 10.3 Å². The molecule has 0 saturated heterocycles. The van der Waals surface area contributed by atoms with Crippen LogP contribution in [0.25, 0.3) is 22.3 Å². The molecule has 0 saturated carbocycles. The molecule has 0 aliphatic rings. The molecule has 41 heavy (non-hydrogen) atoms. The topological polar surface area (TPSA) is 108 Å². The molecule has 0 unspecified atom stereocenters. The number of phenols is 1. The number of alkyl carbamates (subject to hydrolysis) is 1. The number of phenolic OH excluding ortho intramolecular Hbond substituents is 1. The largest absolute Gasteiger partial charge is 0.507 e. The number of aromatic nitrogens is 1. The summed E-state index contributed by atoms with van der Waals surface area (Å²) < 4.78 is 65.5. The van der Waals surface area contributed by atoms with Crippen LogP contribution in [0.5, 0.6) is 5.75 Å². The lowest BCUT2D eigenvalue weighted by Crippen LogP contribution is -2.28. The first-order chi connectivity index (χ1) is 19.8. The third kappa shape index (κ3) is 11.0. The molecule has 0 radical (unpaired) electrons. The molecule has 1 aromatic heterocycles. The number of methoxy groups -OCH3 is 1. The number of hydrogen-bond acceptors (Lipinski definition) is 8. The molecular formula is C29H33F3N2O7. The van der Waals surface area contributed by atoms with E-state index in [4.69, 9.17) is 23.7 Å². The van der Waals surface area contributed by atoms with Crippen molar-refractivity contribution in [2.24, 2.45) is 0 Å². The summed E-state index contributed by atoms with van der Waals surface area (Å²) in [5.41, 5.74) is 1.47. The smallest absolute Gasteiger partial charge is 0.416 e. The van der Waals surface area contributed by atoms with Crippen LogP contribution in [-0.2, 0) is 36.5 Å². The lowest BCUT2D eigenvalue weighted by atomic mass is 9.97. The van der Waals surface area contributed by atoms with Gasteiger partial charge in [0.05, 0.1) is 57.5 Å². The number of rotatable bonds is 16. The Morgan fingerprint density at radius 2 is 1.54 bits per heavy atom. The summed E-state index contributed by atoms with van der Waals surface area (Å²) in [6.07, 6.45) is -3.63. The van der Waals surface area contributed by atoms with Gasteiger partial charge in [-0.25, -0.2) is 4.79 Å². The predicted molar refractivity (Wildman–Crippen MR) is 144 cm³/mol. The number of hydrogen-bond donors (Lipinski definition) is 2. The van der Waals surface area contributed by atoms with Crippen molar-refractivity contribution in [3.05, 3.63) is 72.1 Å². The van der Waals surface area contributed by atoms with Gasteiger partial charge in [-0.3, -0.25) is 4.98 Å². The number of nitrogens with one attached hydrogen (secondary N) is 1. The van der Waals surface area contributed by atoms with Gasteiger partial charge in [0.2, 0.25) is 0 Å². The van der Waals surface area contributed by atoms with Gasteiger partial charge in [-0.2, -0.15) is 13.2 Å². The van der Waals surface area contributed by atoms with Gasteiger partial charge in [-0.15, -0.1) is 0 Å². The number of amides is 1. The number of ether oxygens (including phenoxy) is 5. The van der Waals surface area contributed by atoms with E-state index in [1.807, 2.05) is 0 Å². The van der Waals surface area contributed by atoms with Crippen LogP contribution in [0.1, 0.15) is 11.3 Å². The van der Waals surface area contributed by atoms with E-state index in [-0.39, 0.29) is 25.5 Å². The number of carbonyl (C=O) groups is 1. The van der Waals surface area contributed by atoms with E-state index in [9.17, 15) is 23.1 Å². The summed E-state index contributed by atoms with van der Waals surface area (Å²) in [6.45, 7) is 3.13. The minimum atomic E-state index is -4.47. The summed E-state index contributed by atoms with van der Waals surface area (Å²) >= 11 is 0. The molecular weight excluding hydrogens is 545 g/mol. The molecule has 3 rings (SSSR count). The van der Waals surface area contributed by atoms with Crippen molar-refractivity contribution < 1.29 is 46.8 Å². The number of carbonyl (C=O) groups excluding carboxylic acids is 1. The molecule has 0 aliphatic heterocycles. The highest BCUT2D eigenvalue weighted by atomic mass is 19.4. The first kappa shape index (κ1) is 31.8. The zero-order valence-electron chi connectivity index (χ0n) is 22.6. The molecule has 0 bridgehead atoms. The van der Waals surface area contributed by atoms with Crippen molar-refractivity contribution in [3.8, 4) is 28.0 Å². The van der Waals surface area contributed by atoms with Crippen LogP contribution in [0.4, 0.5) is 18.0 Å². The predicted octanol–water partition coefficient (Wildman–Crippen LogP) is 5.06. The Bertz CT molecular complexity index is 1240. The van der Waals surface area contributed by atoms with Crippen molar-refractivity contribution >= 4 is 6.09 Å².